The summed E-state index contributed by atoms with van der Waals surface area (Å²) in [6.07, 6.45) is 1.57. The molecular formula is C23H23Cl2FN6O2. The van der Waals surface area contributed by atoms with Gasteiger partial charge in [-0.05, 0) is 37.6 Å². The molecule has 8 nitrogen and oxygen atoms in total. The minimum atomic E-state index is -0.737. The fourth-order valence-corrected chi connectivity index (χ4v) is 4.33. The summed E-state index contributed by atoms with van der Waals surface area (Å²) in [5.41, 5.74) is 14.0. The lowest BCUT2D eigenvalue weighted by molar-refractivity contribution is 0.218. The van der Waals surface area contributed by atoms with Crippen molar-refractivity contribution in [3.05, 3.63) is 64.0 Å². The molecule has 11 heteroatoms. The third kappa shape index (κ3) is 5.16. The summed E-state index contributed by atoms with van der Waals surface area (Å²) < 4.78 is 19.8. The Morgan fingerprint density at radius 1 is 1.26 bits per heavy atom. The first-order valence-electron chi connectivity index (χ1n) is 10.6. The summed E-state index contributed by atoms with van der Waals surface area (Å²) in [5, 5.41) is 2.99. The van der Waals surface area contributed by atoms with Crippen LogP contribution in [0.3, 0.4) is 0 Å². The number of nitrogens with zero attached hydrogens (tertiary/aromatic N) is 3. The molecule has 0 bridgehead atoms. The molecule has 2 amide bonds. The zero-order chi connectivity index (χ0) is 24.4. The molecule has 2 heterocycles. The number of carbonyl (C=O) groups excluding carboxylic acids is 1. The summed E-state index contributed by atoms with van der Waals surface area (Å²) >= 11 is 12.3. The minimum Gasteiger partial charge on any atom is -0.467 e. The molecule has 0 saturated carbocycles. The van der Waals surface area contributed by atoms with E-state index in [0.29, 0.717) is 24.5 Å². The van der Waals surface area contributed by atoms with Crippen LogP contribution in [0.25, 0.3) is 11.3 Å². The monoisotopic (exact) mass is 504 g/mol. The van der Waals surface area contributed by atoms with Crippen LogP contribution >= 0.6 is 23.2 Å². The van der Waals surface area contributed by atoms with Crippen LogP contribution in [0.1, 0.15) is 25.0 Å². The number of urea groups is 1. The van der Waals surface area contributed by atoms with Crippen molar-refractivity contribution in [2.45, 2.75) is 25.5 Å². The first-order chi connectivity index (χ1) is 16.2. The number of hydrogen-bond acceptors (Lipinski definition) is 6. The highest BCUT2D eigenvalue weighted by atomic mass is 35.5. The zero-order valence-corrected chi connectivity index (χ0v) is 19.8. The fraction of sp³-hybridized carbons (Fsp3) is 0.261. The normalized spacial score (nSPS) is 16.4. The highest BCUT2D eigenvalue weighted by Crippen LogP contribution is 2.35. The van der Waals surface area contributed by atoms with Crippen LogP contribution in [-0.4, -0.2) is 40.0 Å². The van der Waals surface area contributed by atoms with Crippen molar-refractivity contribution in [1.29, 1.82) is 0 Å². The Kier molecular flexibility index (Phi) is 7.06. The molecule has 1 fully saturated rings. The molecule has 2 aromatic carbocycles. The molecule has 1 aromatic heterocycles. The van der Waals surface area contributed by atoms with Gasteiger partial charge in [0.25, 0.3) is 5.88 Å². The topological polar surface area (TPSA) is 119 Å². The molecule has 0 radical (unpaired) electrons. The molecular weight excluding hydrogens is 482 g/mol. The second kappa shape index (κ2) is 10.0. The number of likely N-dealkylation sites (tertiary alicyclic amines) is 1. The van der Waals surface area contributed by atoms with E-state index in [2.05, 4.69) is 15.3 Å². The number of benzene rings is 2. The molecule has 5 N–H and O–H groups in total. The molecule has 0 spiro atoms. The smallest absolute Gasteiger partial charge is 0.321 e. The Bertz CT molecular complexity index is 1210. The van der Waals surface area contributed by atoms with E-state index in [1.807, 2.05) is 0 Å². The second-order valence-electron chi connectivity index (χ2n) is 7.96. The van der Waals surface area contributed by atoms with E-state index in [4.69, 9.17) is 39.4 Å². The Labute approximate surface area is 206 Å². The van der Waals surface area contributed by atoms with Gasteiger partial charge in [0.2, 0.25) is 0 Å². The number of carbonyl (C=O) groups is 1. The maximum atomic E-state index is 13.9. The van der Waals surface area contributed by atoms with Gasteiger partial charge in [-0.1, -0.05) is 35.3 Å². The van der Waals surface area contributed by atoms with Crippen molar-refractivity contribution in [3.8, 4) is 17.1 Å². The van der Waals surface area contributed by atoms with Crippen molar-refractivity contribution < 1.29 is 13.9 Å². The minimum absolute atomic E-state index is 0.0179. The molecule has 0 aliphatic carbocycles. The summed E-state index contributed by atoms with van der Waals surface area (Å²) in [5.74, 6) is -0.486. The van der Waals surface area contributed by atoms with Crippen LogP contribution in [0.2, 0.25) is 10.0 Å². The number of nitrogens with one attached hydrogen (secondary N) is 1. The van der Waals surface area contributed by atoms with Gasteiger partial charge in [0, 0.05) is 41.0 Å². The lowest BCUT2D eigenvalue weighted by atomic mass is 10.1. The molecule has 2 atom stereocenters. The van der Waals surface area contributed by atoms with Gasteiger partial charge in [0.05, 0.1) is 16.9 Å². The number of ether oxygens (including phenoxy) is 1. The van der Waals surface area contributed by atoms with Crippen molar-refractivity contribution >= 4 is 40.7 Å². The molecule has 178 valence electrons. The Balaban J connectivity index is 1.50. The highest BCUT2D eigenvalue weighted by Gasteiger charge is 2.24. The van der Waals surface area contributed by atoms with E-state index in [-0.39, 0.29) is 39.4 Å². The van der Waals surface area contributed by atoms with Crippen LogP contribution in [-0.2, 0) is 0 Å². The third-order valence-corrected chi connectivity index (χ3v) is 6.20. The summed E-state index contributed by atoms with van der Waals surface area (Å²) in [6.45, 7) is 2.84. The molecule has 34 heavy (non-hydrogen) atoms. The third-order valence-electron chi connectivity index (χ3n) is 5.49. The standard InChI is InChI=1S/C23H23Cl2FN6O2/c1-12(19-16(24)6-7-17(26)20(19)25)34-22-21(28)29-10-18(31-22)13-2-4-15(5-3-13)30-23(33)32-9-8-14(27)11-32/h2-7,10,12,14H,8-9,11,27H2,1H3,(H2,28,29)(H,30,33)/t12-,14?/m0/s1. The summed E-state index contributed by atoms with van der Waals surface area (Å²) in [4.78, 5) is 22.6. The molecule has 1 unspecified atom stereocenters. The van der Waals surface area contributed by atoms with Gasteiger partial charge in [-0.2, -0.15) is 0 Å². The number of amides is 2. The van der Waals surface area contributed by atoms with Gasteiger partial charge < -0.3 is 26.4 Å². The Hall–Kier alpha value is -3.14. The Morgan fingerprint density at radius 3 is 2.68 bits per heavy atom. The quantitative estimate of drug-likeness (QED) is 0.426. The van der Waals surface area contributed by atoms with Crippen LogP contribution in [0.15, 0.2) is 42.6 Å². The van der Waals surface area contributed by atoms with Crippen molar-refractivity contribution in [2.24, 2.45) is 5.73 Å². The number of hydrogen-bond donors (Lipinski definition) is 3. The lowest BCUT2D eigenvalue weighted by Crippen LogP contribution is -2.35. The predicted octanol–water partition coefficient (Wildman–Crippen LogP) is 4.88. The number of nitrogens with two attached hydrogens (primary N) is 2. The maximum Gasteiger partial charge on any atom is 0.321 e. The lowest BCUT2D eigenvalue weighted by Gasteiger charge is -2.18. The number of anilines is 2. The number of rotatable bonds is 5. The van der Waals surface area contributed by atoms with E-state index in [0.717, 1.165) is 12.0 Å². The van der Waals surface area contributed by atoms with E-state index < -0.39 is 11.9 Å². The largest absolute Gasteiger partial charge is 0.467 e. The average molecular weight is 505 g/mol. The summed E-state index contributed by atoms with van der Waals surface area (Å²) in [7, 11) is 0. The zero-order valence-electron chi connectivity index (χ0n) is 18.3. The first kappa shape index (κ1) is 24.0. The van der Waals surface area contributed by atoms with Crippen LogP contribution < -0.4 is 21.5 Å². The molecule has 1 aliphatic heterocycles. The van der Waals surface area contributed by atoms with Crippen molar-refractivity contribution in [1.82, 2.24) is 14.9 Å². The maximum absolute atomic E-state index is 13.9. The SMILES string of the molecule is C[C@H](Oc1nc(-c2ccc(NC(=O)N3CCC(N)C3)cc2)cnc1N)c1c(Cl)ccc(F)c1Cl. The van der Waals surface area contributed by atoms with Gasteiger partial charge in [0.15, 0.2) is 5.82 Å². The number of halogens is 3. The van der Waals surface area contributed by atoms with Crippen LogP contribution in [0.4, 0.5) is 20.7 Å². The van der Waals surface area contributed by atoms with E-state index in [9.17, 15) is 9.18 Å². The number of nitrogen functional groups attached to an aromatic ring is 1. The van der Waals surface area contributed by atoms with E-state index in [1.54, 1.807) is 36.1 Å². The fourth-order valence-electron chi connectivity index (χ4n) is 3.65. The molecule has 1 aliphatic rings. The second-order valence-corrected chi connectivity index (χ2v) is 8.75. The van der Waals surface area contributed by atoms with Crippen LogP contribution in [0, 0.1) is 5.82 Å². The van der Waals surface area contributed by atoms with Crippen LogP contribution in [0.5, 0.6) is 5.88 Å². The first-order valence-corrected chi connectivity index (χ1v) is 11.3. The Morgan fingerprint density at radius 2 is 2.00 bits per heavy atom. The predicted molar refractivity (Wildman–Crippen MR) is 131 cm³/mol. The van der Waals surface area contributed by atoms with Crippen molar-refractivity contribution in [3.63, 3.8) is 0 Å². The van der Waals surface area contributed by atoms with Gasteiger partial charge in [-0.15, -0.1) is 0 Å². The van der Waals surface area contributed by atoms with Gasteiger partial charge >= 0.3 is 6.03 Å². The molecule has 4 rings (SSSR count). The number of aromatic nitrogens is 2. The molecule has 1 saturated heterocycles. The van der Waals surface area contributed by atoms with Crippen molar-refractivity contribution in [2.75, 3.05) is 24.1 Å². The van der Waals surface area contributed by atoms with Gasteiger partial charge in [-0.25, -0.2) is 19.2 Å². The van der Waals surface area contributed by atoms with Gasteiger partial charge in [0.1, 0.15) is 11.9 Å². The average Bonchev–Trinajstić information content (AvgIpc) is 3.25. The van der Waals surface area contributed by atoms with E-state index in [1.165, 1.54) is 18.3 Å². The molecule has 3 aromatic rings. The van der Waals surface area contributed by atoms with E-state index >= 15 is 0 Å². The summed E-state index contributed by atoms with van der Waals surface area (Å²) in [6, 6.07) is 9.52. The van der Waals surface area contributed by atoms with Gasteiger partial charge in [-0.3, -0.25) is 0 Å². The highest BCUT2D eigenvalue weighted by molar-refractivity contribution is 6.36.